The number of nitrogens with zero attached hydrogens (tertiary/aromatic N) is 2. The lowest BCUT2D eigenvalue weighted by Crippen LogP contribution is -2.30. The molecule has 0 aliphatic carbocycles. The Morgan fingerprint density at radius 2 is 2.07 bits per heavy atom. The number of carbonyl (C=O) groups excluding carboxylic acids is 1. The van der Waals surface area contributed by atoms with Gasteiger partial charge in [0, 0.05) is 44.0 Å². The Morgan fingerprint density at radius 1 is 1.36 bits per heavy atom. The van der Waals surface area contributed by atoms with Gasteiger partial charge in [0.25, 0.3) is 0 Å². The van der Waals surface area contributed by atoms with Crippen LogP contribution in [0, 0.1) is 5.41 Å². The average molecular weight is 406 g/mol. The zero-order valence-corrected chi connectivity index (χ0v) is 18.9. The second kappa shape index (κ2) is 9.65. The maximum absolute atomic E-state index is 11.9. The minimum Gasteiger partial charge on any atom is -0.401 e. The highest BCUT2D eigenvalue weighted by Crippen LogP contribution is 2.34. The van der Waals surface area contributed by atoms with Gasteiger partial charge in [-0.2, -0.15) is 0 Å². The number of Topliss-reactive ketones (excluding diaryl/α,β-unsaturated/α-hetero) is 1. The number of carbonyl (C=O) groups is 1. The molecule has 0 saturated carbocycles. The van der Waals surface area contributed by atoms with Crippen molar-refractivity contribution in [3.05, 3.63) is 28.4 Å². The number of ketones is 1. The summed E-state index contributed by atoms with van der Waals surface area (Å²) in [6.07, 6.45) is 2.18. The molecule has 1 aromatic rings. The van der Waals surface area contributed by atoms with Crippen molar-refractivity contribution < 1.29 is 4.79 Å². The molecule has 1 atom stereocenters. The van der Waals surface area contributed by atoms with E-state index in [9.17, 15) is 4.79 Å². The van der Waals surface area contributed by atoms with Crippen molar-refractivity contribution in [2.45, 2.75) is 53.4 Å². The summed E-state index contributed by atoms with van der Waals surface area (Å²) < 4.78 is 2.24. The Morgan fingerprint density at radius 3 is 2.64 bits per heavy atom. The molecule has 0 spiro atoms. The number of nitrogens with one attached hydrogen (secondary N) is 2. The fourth-order valence-corrected chi connectivity index (χ4v) is 4.21. The van der Waals surface area contributed by atoms with E-state index in [4.69, 9.17) is 10.7 Å². The van der Waals surface area contributed by atoms with Crippen molar-refractivity contribution in [3.63, 3.8) is 0 Å². The van der Waals surface area contributed by atoms with E-state index < -0.39 is 0 Å². The fraction of sp³-hybridized carbons (Fsp3) is 0.619. The number of aromatic nitrogens is 1. The molecule has 4 N–H and O–H groups in total. The number of anilines is 2. The number of piperidine rings is 1. The first kappa shape index (κ1) is 22.6. The van der Waals surface area contributed by atoms with Gasteiger partial charge in [-0.25, -0.2) is 9.29 Å². The zero-order valence-electron chi connectivity index (χ0n) is 18.1. The molecule has 1 aliphatic rings. The summed E-state index contributed by atoms with van der Waals surface area (Å²) in [5.74, 6) is 1.25. The van der Waals surface area contributed by atoms with Crippen LogP contribution in [-0.4, -0.2) is 41.8 Å². The third-order valence-corrected chi connectivity index (χ3v) is 6.05. The number of pyridine rings is 1. The zero-order chi connectivity index (χ0) is 20.9. The molecule has 28 heavy (non-hydrogen) atoms. The van der Waals surface area contributed by atoms with E-state index in [-0.39, 0.29) is 11.2 Å². The summed E-state index contributed by atoms with van der Waals surface area (Å²) >= 11 is 1.49. The van der Waals surface area contributed by atoms with E-state index in [0.29, 0.717) is 16.5 Å². The maximum Gasteiger partial charge on any atom is 0.169 e. The van der Waals surface area contributed by atoms with Crippen LogP contribution in [0.25, 0.3) is 0 Å². The van der Waals surface area contributed by atoms with Gasteiger partial charge in [-0.05, 0) is 56.2 Å². The van der Waals surface area contributed by atoms with Crippen LogP contribution in [0.2, 0.25) is 0 Å². The third kappa shape index (κ3) is 6.41. The maximum atomic E-state index is 11.9. The Balaban J connectivity index is 2.12. The minimum atomic E-state index is 0.0250. The lowest BCUT2D eigenvalue weighted by molar-refractivity contribution is -0.113. The molecule has 2 rings (SSSR count). The monoisotopic (exact) mass is 405 g/mol. The van der Waals surface area contributed by atoms with E-state index in [1.807, 2.05) is 7.05 Å². The molecule has 7 heteroatoms. The highest BCUT2D eigenvalue weighted by molar-refractivity contribution is 8.01. The number of rotatable bonds is 7. The topological polar surface area (TPSA) is 83.3 Å². The van der Waals surface area contributed by atoms with Crippen LogP contribution in [0.15, 0.2) is 22.7 Å². The molecule has 0 radical (unpaired) electrons. The van der Waals surface area contributed by atoms with E-state index in [0.717, 1.165) is 49.7 Å². The average Bonchev–Trinajstić information content (AvgIpc) is 2.63. The van der Waals surface area contributed by atoms with Crippen LogP contribution in [0.1, 0.15) is 59.1 Å². The van der Waals surface area contributed by atoms with Crippen LogP contribution < -0.4 is 16.4 Å². The second-order valence-corrected chi connectivity index (χ2v) is 9.79. The van der Waals surface area contributed by atoms with Crippen LogP contribution in [0.5, 0.6) is 0 Å². The quantitative estimate of drug-likeness (QED) is 0.463. The molecule has 0 bridgehead atoms. The number of allylic oxidation sites excluding steroid dienone is 2. The lowest BCUT2D eigenvalue weighted by atomic mass is 9.95. The molecule has 0 aromatic carbocycles. The molecule has 1 fully saturated rings. The van der Waals surface area contributed by atoms with Gasteiger partial charge in [0.15, 0.2) is 5.78 Å². The van der Waals surface area contributed by atoms with E-state index in [1.165, 1.54) is 11.9 Å². The van der Waals surface area contributed by atoms with Gasteiger partial charge in [0.1, 0.15) is 5.82 Å². The fourth-order valence-electron chi connectivity index (χ4n) is 3.21. The first-order valence-corrected chi connectivity index (χ1v) is 10.7. The predicted molar refractivity (Wildman–Crippen MR) is 120 cm³/mol. The van der Waals surface area contributed by atoms with Crippen molar-refractivity contribution in [3.8, 4) is 0 Å². The first-order chi connectivity index (χ1) is 13.1. The largest absolute Gasteiger partial charge is 0.401 e. The summed E-state index contributed by atoms with van der Waals surface area (Å²) in [5.41, 5.74) is 8.81. The molecular weight excluding hydrogens is 370 g/mol. The van der Waals surface area contributed by atoms with Crippen molar-refractivity contribution in [1.29, 1.82) is 0 Å². The lowest BCUT2D eigenvalue weighted by Gasteiger charge is -2.32. The molecule has 2 heterocycles. The standard InChI is InChI=1S/C21H35N5OS/c1-14(22)19(15(2)27)28-26-11-7-8-16(12-26)17-9-10-18(20(23-6)25-17)24-13-21(3,4)5/h9-10,16,24H,7-8,11-13,22H2,1-6H3,(H,23,25). The summed E-state index contributed by atoms with van der Waals surface area (Å²) in [6.45, 7) is 12.7. The molecular formula is C21H35N5OS. The first-order valence-electron chi connectivity index (χ1n) is 9.93. The highest BCUT2D eigenvalue weighted by atomic mass is 32.2. The second-order valence-electron chi connectivity index (χ2n) is 8.68. The van der Waals surface area contributed by atoms with Gasteiger partial charge in [0.2, 0.25) is 0 Å². The molecule has 1 aromatic heterocycles. The summed E-state index contributed by atoms with van der Waals surface area (Å²) in [5, 5.41) is 6.72. The van der Waals surface area contributed by atoms with Crippen molar-refractivity contribution in [2.24, 2.45) is 11.1 Å². The molecule has 6 nitrogen and oxygen atoms in total. The third-order valence-electron chi connectivity index (χ3n) is 4.66. The van der Waals surface area contributed by atoms with E-state index >= 15 is 0 Å². The van der Waals surface area contributed by atoms with Gasteiger partial charge in [-0.1, -0.05) is 20.8 Å². The molecule has 1 saturated heterocycles. The Labute approximate surface area is 173 Å². The van der Waals surface area contributed by atoms with Crippen molar-refractivity contribution in [2.75, 3.05) is 37.3 Å². The smallest absolute Gasteiger partial charge is 0.169 e. The van der Waals surface area contributed by atoms with Crippen LogP contribution >= 0.6 is 11.9 Å². The highest BCUT2D eigenvalue weighted by Gasteiger charge is 2.25. The van der Waals surface area contributed by atoms with Crippen molar-refractivity contribution in [1.82, 2.24) is 9.29 Å². The van der Waals surface area contributed by atoms with Crippen LogP contribution in [0.4, 0.5) is 11.5 Å². The number of hydrogen-bond donors (Lipinski definition) is 3. The number of hydrogen-bond acceptors (Lipinski definition) is 7. The number of nitrogens with two attached hydrogens (primary N) is 1. The van der Waals surface area contributed by atoms with Gasteiger partial charge in [-0.3, -0.25) is 4.79 Å². The Hall–Kier alpha value is -1.73. The van der Waals surface area contributed by atoms with Gasteiger partial charge >= 0.3 is 0 Å². The van der Waals surface area contributed by atoms with Gasteiger partial charge < -0.3 is 16.4 Å². The summed E-state index contributed by atoms with van der Waals surface area (Å²) in [7, 11) is 1.91. The summed E-state index contributed by atoms with van der Waals surface area (Å²) in [4.78, 5) is 17.4. The molecule has 1 unspecified atom stereocenters. The normalized spacial score (nSPS) is 19.1. The van der Waals surface area contributed by atoms with Gasteiger partial charge in [-0.15, -0.1) is 0 Å². The molecule has 1 aliphatic heterocycles. The Kier molecular flexibility index (Phi) is 7.78. The SMILES string of the molecule is CNc1nc(C2CCCN(SC(C(C)=O)=C(C)N)C2)ccc1NCC(C)(C)C. The Bertz CT molecular complexity index is 722. The van der Waals surface area contributed by atoms with Crippen LogP contribution in [0.3, 0.4) is 0 Å². The molecule has 0 amide bonds. The van der Waals surface area contributed by atoms with E-state index in [2.05, 4.69) is 47.8 Å². The van der Waals surface area contributed by atoms with E-state index in [1.54, 1.807) is 13.8 Å². The predicted octanol–water partition coefficient (Wildman–Crippen LogP) is 4.19. The minimum absolute atomic E-state index is 0.0250. The summed E-state index contributed by atoms with van der Waals surface area (Å²) in [6, 6.07) is 4.25. The van der Waals surface area contributed by atoms with Gasteiger partial charge in [0.05, 0.1) is 10.6 Å². The van der Waals surface area contributed by atoms with Crippen molar-refractivity contribution >= 4 is 29.2 Å². The molecule has 156 valence electrons. The van der Waals surface area contributed by atoms with Crippen LogP contribution in [-0.2, 0) is 4.79 Å².